The van der Waals surface area contributed by atoms with Crippen molar-refractivity contribution in [3.63, 3.8) is 0 Å². The summed E-state index contributed by atoms with van der Waals surface area (Å²) in [6, 6.07) is 4.47. The number of phenolic OH excluding ortho intramolecular Hbond substituents is 1. The van der Waals surface area contributed by atoms with E-state index in [0.717, 1.165) is 51.0 Å². The zero-order valence-electron chi connectivity index (χ0n) is 22.2. The molecule has 1 aromatic rings. The Morgan fingerprint density at radius 2 is 1.91 bits per heavy atom. The minimum absolute atomic E-state index is 0.0231. The van der Waals surface area contributed by atoms with Crippen LogP contribution >= 0.6 is 0 Å². The number of likely N-dealkylation sites (tertiary alicyclic amines) is 1. The van der Waals surface area contributed by atoms with Crippen molar-refractivity contribution < 1.29 is 19.7 Å². The third-order valence-electron chi connectivity index (χ3n) is 12.1. The summed E-state index contributed by atoms with van der Waals surface area (Å²) in [6.07, 6.45) is 8.75. The summed E-state index contributed by atoms with van der Waals surface area (Å²) >= 11 is 0. The summed E-state index contributed by atoms with van der Waals surface area (Å²) in [4.78, 5) is 2.84. The van der Waals surface area contributed by atoms with E-state index in [-0.39, 0.29) is 34.0 Å². The number of rotatable bonds is 4. The van der Waals surface area contributed by atoms with Crippen LogP contribution in [-0.2, 0) is 16.6 Å². The first-order chi connectivity index (χ1) is 16.5. The SMILES string of the molecule is CO[C@@]12CCC[C@@]3(C[C@@H]1[C@](C)(O)C(C)(C)C)[C@H]1Cc4ccc(O)c5c4[C@@]3(CCN1CC1CC1)[C@H]2O5. The number of hydrogen-bond acceptors (Lipinski definition) is 5. The molecule has 5 fully saturated rings. The van der Waals surface area contributed by atoms with Crippen molar-refractivity contribution in [3.05, 3.63) is 23.3 Å². The molecule has 2 heterocycles. The third kappa shape index (κ3) is 2.51. The van der Waals surface area contributed by atoms with Crippen LogP contribution in [0.25, 0.3) is 0 Å². The van der Waals surface area contributed by atoms with Gasteiger partial charge in [0.05, 0.1) is 5.60 Å². The average Bonchev–Trinajstić information content (AvgIpc) is 3.58. The van der Waals surface area contributed by atoms with E-state index in [1.165, 1.54) is 30.5 Å². The molecule has 5 aliphatic carbocycles. The molecule has 35 heavy (non-hydrogen) atoms. The van der Waals surface area contributed by atoms with Gasteiger partial charge in [-0.2, -0.15) is 0 Å². The number of fused-ring (bicyclic) bond motifs is 3. The Kier molecular flexibility index (Phi) is 4.42. The lowest BCUT2D eigenvalue weighted by atomic mass is 9.38. The normalized spacial score (nSPS) is 43.3. The minimum Gasteiger partial charge on any atom is -0.504 e. The molecular formula is C30H43NO4. The lowest BCUT2D eigenvalue weighted by Gasteiger charge is -2.70. The van der Waals surface area contributed by atoms with Crippen LogP contribution in [0.2, 0.25) is 0 Å². The molecule has 8 rings (SSSR count). The van der Waals surface area contributed by atoms with E-state index in [2.05, 4.69) is 31.7 Å². The first kappa shape index (κ1) is 22.9. The summed E-state index contributed by atoms with van der Waals surface area (Å²) in [5, 5.41) is 23.4. The van der Waals surface area contributed by atoms with Gasteiger partial charge in [-0.3, -0.25) is 4.90 Å². The Bertz CT molecular complexity index is 1070. The molecule has 5 nitrogen and oxygen atoms in total. The largest absolute Gasteiger partial charge is 0.504 e. The predicted molar refractivity (Wildman–Crippen MR) is 135 cm³/mol. The molecule has 0 unspecified atom stereocenters. The standard InChI is InChI=1S/C30H43NO4/c1-26(2,3)27(4,33)21-16-28-11-6-12-30(21,34-5)25-29(28)13-14-31(17-18-7-8-18)22(28)15-19-9-10-20(32)24(35-25)23(19)29/h9-10,18,21-22,25,32-33H,6-8,11-17H2,1-5H3/t21-,22-,25-,27+,28-,29+,30+/m1/s1. The van der Waals surface area contributed by atoms with Crippen molar-refractivity contribution in [3.8, 4) is 11.5 Å². The number of aromatic hydroxyl groups is 1. The summed E-state index contributed by atoms with van der Waals surface area (Å²) in [5.74, 6) is 1.80. The van der Waals surface area contributed by atoms with E-state index in [9.17, 15) is 10.2 Å². The Labute approximate surface area is 210 Å². The fourth-order valence-corrected chi connectivity index (χ4v) is 9.84. The number of methoxy groups -OCH3 is 1. The second kappa shape index (κ2) is 6.76. The highest BCUT2D eigenvalue weighted by molar-refractivity contribution is 5.63. The van der Waals surface area contributed by atoms with Crippen molar-refractivity contribution in [1.82, 2.24) is 4.90 Å². The van der Waals surface area contributed by atoms with E-state index < -0.39 is 11.2 Å². The summed E-state index contributed by atoms with van der Waals surface area (Å²) < 4.78 is 13.6. The molecule has 2 aliphatic heterocycles. The molecular weight excluding hydrogens is 438 g/mol. The van der Waals surface area contributed by atoms with Gasteiger partial charge in [0.1, 0.15) is 11.7 Å². The smallest absolute Gasteiger partial charge is 0.165 e. The van der Waals surface area contributed by atoms with Crippen molar-refractivity contribution in [2.45, 2.75) is 108 Å². The van der Waals surface area contributed by atoms with Gasteiger partial charge in [0.25, 0.3) is 0 Å². The minimum atomic E-state index is -0.919. The van der Waals surface area contributed by atoms with Crippen molar-refractivity contribution in [2.24, 2.45) is 22.7 Å². The zero-order valence-corrected chi connectivity index (χ0v) is 22.2. The Morgan fingerprint density at radius 1 is 1.14 bits per heavy atom. The molecule has 0 aromatic heterocycles. The molecule has 2 N–H and O–H groups in total. The molecule has 1 saturated heterocycles. The monoisotopic (exact) mass is 481 g/mol. The molecule has 4 bridgehead atoms. The first-order valence-corrected chi connectivity index (χ1v) is 14.1. The third-order valence-corrected chi connectivity index (χ3v) is 12.1. The maximum absolute atomic E-state index is 12.3. The van der Waals surface area contributed by atoms with Gasteiger partial charge in [0.15, 0.2) is 11.5 Å². The quantitative estimate of drug-likeness (QED) is 0.647. The molecule has 0 amide bonds. The van der Waals surface area contributed by atoms with Crippen LogP contribution in [0.4, 0.5) is 0 Å². The van der Waals surface area contributed by atoms with Gasteiger partial charge < -0.3 is 19.7 Å². The van der Waals surface area contributed by atoms with Crippen LogP contribution in [0, 0.1) is 22.7 Å². The Hall–Kier alpha value is -1.30. The fourth-order valence-electron chi connectivity index (χ4n) is 9.84. The molecule has 1 aromatic carbocycles. The Morgan fingerprint density at radius 3 is 2.60 bits per heavy atom. The number of hydrogen-bond donors (Lipinski definition) is 2. The van der Waals surface area contributed by atoms with E-state index in [4.69, 9.17) is 9.47 Å². The van der Waals surface area contributed by atoms with Crippen LogP contribution in [0.15, 0.2) is 12.1 Å². The van der Waals surface area contributed by atoms with Crippen LogP contribution in [0.1, 0.15) is 83.8 Å². The van der Waals surface area contributed by atoms with Gasteiger partial charge >= 0.3 is 0 Å². The molecule has 5 heteroatoms. The molecule has 7 atom stereocenters. The number of ether oxygens (including phenoxy) is 2. The van der Waals surface area contributed by atoms with E-state index in [0.29, 0.717) is 11.8 Å². The van der Waals surface area contributed by atoms with Crippen LogP contribution < -0.4 is 4.74 Å². The second-order valence-electron chi connectivity index (χ2n) is 14.1. The lowest BCUT2D eigenvalue weighted by molar-refractivity contribution is -0.271. The second-order valence-corrected chi connectivity index (χ2v) is 14.1. The van der Waals surface area contributed by atoms with Crippen molar-refractivity contribution in [1.29, 1.82) is 0 Å². The highest BCUT2D eigenvalue weighted by Gasteiger charge is 2.80. The maximum atomic E-state index is 12.3. The van der Waals surface area contributed by atoms with Gasteiger partial charge in [-0.15, -0.1) is 0 Å². The predicted octanol–water partition coefficient (Wildman–Crippen LogP) is 4.80. The molecule has 2 spiro atoms. The topological polar surface area (TPSA) is 62.2 Å². The number of nitrogens with zero attached hydrogens (tertiary/aromatic N) is 1. The highest BCUT2D eigenvalue weighted by Crippen LogP contribution is 2.76. The van der Waals surface area contributed by atoms with Crippen molar-refractivity contribution in [2.75, 3.05) is 20.2 Å². The van der Waals surface area contributed by atoms with E-state index in [1.54, 1.807) is 0 Å². The first-order valence-electron chi connectivity index (χ1n) is 14.1. The summed E-state index contributed by atoms with van der Waals surface area (Å²) in [5.41, 5.74) is 0.730. The van der Waals surface area contributed by atoms with Gasteiger partial charge in [-0.25, -0.2) is 0 Å². The fraction of sp³-hybridized carbons (Fsp3) is 0.800. The zero-order chi connectivity index (χ0) is 24.6. The summed E-state index contributed by atoms with van der Waals surface area (Å²) in [7, 11) is 1.84. The number of phenols is 1. The van der Waals surface area contributed by atoms with Gasteiger partial charge in [0, 0.05) is 42.0 Å². The average molecular weight is 482 g/mol. The van der Waals surface area contributed by atoms with E-state index >= 15 is 0 Å². The maximum Gasteiger partial charge on any atom is 0.165 e. The Balaban J connectivity index is 1.50. The van der Waals surface area contributed by atoms with E-state index in [1.807, 2.05) is 20.1 Å². The summed E-state index contributed by atoms with van der Waals surface area (Å²) in [6.45, 7) is 10.8. The van der Waals surface area contributed by atoms with Crippen LogP contribution in [-0.4, -0.2) is 58.7 Å². The number of benzene rings is 1. The molecule has 192 valence electrons. The lowest BCUT2D eigenvalue weighted by Crippen LogP contribution is -2.79. The van der Waals surface area contributed by atoms with Gasteiger partial charge in [-0.05, 0) is 87.8 Å². The van der Waals surface area contributed by atoms with Gasteiger partial charge in [-0.1, -0.05) is 26.8 Å². The van der Waals surface area contributed by atoms with Crippen LogP contribution in [0.3, 0.4) is 0 Å². The molecule has 4 saturated carbocycles. The molecule has 0 radical (unpaired) electrons. The van der Waals surface area contributed by atoms with Crippen molar-refractivity contribution >= 4 is 0 Å². The highest BCUT2D eigenvalue weighted by atomic mass is 16.6. The molecule has 7 aliphatic rings. The van der Waals surface area contributed by atoms with Crippen LogP contribution in [0.5, 0.6) is 11.5 Å². The number of piperidine rings is 1. The van der Waals surface area contributed by atoms with Gasteiger partial charge in [0.2, 0.25) is 0 Å². The number of aliphatic hydroxyl groups is 1.